The highest BCUT2D eigenvalue weighted by molar-refractivity contribution is 5.26. The van der Waals surface area contributed by atoms with E-state index in [-0.39, 0.29) is 0 Å². The van der Waals surface area contributed by atoms with Crippen LogP contribution in [-0.4, -0.2) is 25.8 Å². The monoisotopic (exact) mass is 233 g/mol. The number of rotatable bonds is 4. The van der Waals surface area contributed by atoms with Crippen LogP contribution in [0.4, 0.5) is 0 Å². The van der Waals surface area contributed by atoms with Gasteiger partial charge in [-0.05, 0) is 44.9 Å². The van der Waals surface area contributed by atoms with Crippen molar-refractivity contribution in [2.45, 2.75) is 38.8 Å². The first kappa shape index (κ1) is 12.6. The van der Waals surface area contributed by atoms with Gasteiger partial charge in [0.1, 0.15) is 0 Å². The molecule has 1 heterocycles. The van der Waals surface area contributed by atoms with E-state index in [1.54, 1.807) is 0 Å². The standard InChI is InChI=1S/C15H23NO/c1-11-6-4-5-7-13(11)9-15(16-3)14-8-12(2)17-10-14/h4-7,12,14-16H,8-10H2,1-3H3. The van der Waals surface area contributed by atoms with Crippen molar-refractivity contribution in [3.8, 4) is 0 Å². The Kier molecular flexibility index (Phi) is 4.19. The lowest BCUT2D eigenvalue weighted by molar-refractivity contribution is 0.117. The molecule has 1 aromatic rings. The molecule has 0 spiro atoms. The number of hydrogen-bond donors (Lipinski definition) is 1. The van der Waals surface area contributed by atoms with E-state index in [0.717, 1.165) is 13.0 Å². The fourth-order valence-electron chi connectivity index (χ4n) is 2.71. The van der Waals surface area contributed by atoms with E-state index in [0.29, 0.717) is 18.1 Å². The summed E-state index contributed by atoms with van der Waals surface area (Å²) in [6.45, 7) is 5.26. The molecule has 3 atom stereocenters. The Morgan fingerprint density at radius 2 is 2.18 bits per heavy atom. The molecule has 94 valence electrons. The summed E-state index contributed by atoms with van der Waals surface area (Å²) < 4.78 is 5.68. The summed E-state index contributed by atoms with van der Waals surface area (Å²) in [6, 6.07) is 9.19. The Balaban J connectivity index is 2.03. The van der Waals surface area contributed by atoms with Crippen LogP contribution in [-0.2, 0) is 11.2 Å². The predicted octanol–water partition coefficient (Wildman–Crippen LogP) is 2.55. The molecule has 1 saturated heterocycles. The van der Waals surface area contributed by atoms with Crippen LogP contribution in [0.5, 0.6) is 0 Å². The van der Waals surface area contributed by atoms with Gasteiger partial charge in [-0.1, -0.05) is 24.3 Å². The number of hydrogen-bond acceptors (Lipinski definition) is 2. The summed E-state index contributed by atoms with van der Waals surface area (Å²) >= 11 is 0. The molecule has 1 aromatic carbocycles. The Morgan fingerprint density at radius 3 is 2.76 bits per heavy atom. The highest BCUT2D eigenvalue weighted by atomic mass is 16.5. The normalized spacial score (nSPS) is 26.1. The molecule has 1 aliphatic heterocycles. The molecule has 2 nitrogen and oxygen atoms in total. The van der Waals surface area contributed by atoms with E-state index in [4.69, 9.17) is 4.74 Å². The summed E-state index contributed by atoms with van der Waals surface area (Å²) in [5, 5.41) is 3.46. The van der Waals surface area contributed by atoms with E-state index >= 15 is 0 Å². The molecule has 0 amide bonds. The molecule has 1 N–H and O–H groups in total. The second-order valence-electron chi connectivity index (χ2n) is 5.17. The van der Waals surface area contributed by atoms with Crippen LogP contribution in [0.2, 0.25) is 0 Å². The van der Waals surface area contributed by atoms with Gasteiger partial charge in [-0.15, -0.1) is 0 Å². The molecule has 2 rings (SSSR count). The molecule has 1 fully saturated rings. The summed E-state index contributed by atoms with van der Waals surface area (Å²) in [7, 11) is 2.06. The zero-order valence-electron chi connectivity index (χ0n) is 11.1. The minimum atomic E-state index is 0.424. The fraction of sp³-hybridized carbons (Fsp3) is 0.600. The Labute approximate surface area is 104 Å². The molecular formula is C15H23NO. The molecule has 17 heavy (non-hydrogen) atoms. The van der Waals surface area contributed by atoms with E-state index in [1.807, 2.05) is 0 Å². The van der Waals surface area contributed by atoms with Gasteiger partial charge in [0.05, 0.1) is 12.7 Å². The lowest BCUT2D eigenvalue weighted by atomic mass is 9.90. The quantitative estimate of drug-likeness (QED) is 0.863. The smallest absolute Gasteiger partial charge is 0.0551 e. The minimum Gasteiger partial charge on any atom is -0.378 e. The van der Waals surface area contributed by atoms with Gasteiger partial charge in [0.15, 0.2) is 0 Å². The first-order valence-electron chi connectivity index (χ1n) is 6.54. The molecular weight excluding hydrogens is 210 g/mol. The van der Waals surface area contributed by atoms with Crippen LogP contribution in [0.15, 0.2) is 24.3 Å². The van der Waals surface area contributed by atoms with Gasteiger partial charge in [0, 0.05) is 12.0 Å². The van der Waals surface area contributed by atoms with Gasteiger partial charge in [0.2, 0.25) is 0 Å². The van der Waals surface area contributed by atoms with Crippen molar-refractivity contribution in [3.05, 3.63) is 35.4 Å². The van der Waals surface area contributed by atoms with Gasteiger partial charge in [-0.25, -0.2) is 0 Å². The van der Waals surface area contributed by atoms with Gasteiger partial charge in [-0.3, -0.25) is 0 Å². The van der Waals surface area contributed by atoms with Crippen LogP contribution < -0.4 is 5.32 Å². The van der Waals surface area contributed by atoms with Crippen molar-refractivity contribution in [2.75, 3.05) is 13.7 Å². The summed E-state index contributed by atoms with van der Waals surface area (Å²) in [5.74, 6) is 0.648. The maximum Gasteiger partial charge on any atom is 0.0551 e. The van der Waals surface area contributed by atoms with Crippen molar-refractivity contribution in [2.24, 2.45) is 5.92 Å². The third kappa shape index (κ3) is 3.08. The predicted molar refractivity (Wildman–Crippen MR) is 71.3 cm³/mol. The first-order valence-corrected chi connectivity index (χ1v) is 6.54. The molecule has 0 radical (unpaired) electrons. The van der Waals surface area contributed by atoms with Crippen molar-refractivity contribution >= 4 is 0 Å². The fourth-order valence-corrected chi connectivity index (χ4v) is 2.71. The third-order valence-electron chi connectivity index (χ3n) is 3.87. The van der Waals surface area contributed by atoms with Crippen LogP contribution in [0.1, 0.15) is 24.5 Å². The number of benzene rings is 1. The Bertz CT molecular complexity index is 364. The lowest BCUT2D eigenvalue weighted by Gasteiger charge is -2.22. The van der Waals surface area contributed by atoms with Gasteiger partial charge in [-0.2, -0.15) is 0 Å². The van der Waals surface area contributed by atoms with E-state index < -0.39 is 0 Å². The van der Waals surface area contributed by atoms with Crippen molar-refractivity contribution in [3.63, 3.8) is 0 Å². The van der Waals surface area contributed by atoms with Crippen molar-refractivity contribution in [1.29, 1.82) is 0 Å². The molecule has 0 bridgehead atoms. The summed E-state index contributed by atoms with van der Waals surface area (Å²) in [6.07, 6.45) is 2.70. The number of likely N-dealkylation sites (N-methyl/N-ethyl adjacent to an activating group) is 1. The zero-order valence-corrected chi connectivity index (χ0v) is 11.1. The van der Waals surface area contributed by atoms with Gasteiger partial charge in [0.25, 0.3) is 0 Å². The third-order valence-corrected chi connectivity index (χ3v) is 3.87. The van der Waals surface area contributed by atoms with E-state index in [9.17, 15) is 0 Å². The van der Waals surface area contributed by atoms with Crippen LogP contribution in [0.3, 0.4) is 0 Å². The maximum absolute atomic E-state index is 5.68. The topological polar surface area (TPSA) is 21.3 Å². The highest BCUT2D eigenvalue weighted by Gasteiger charge is 2.28. The molecule has 1 aliphatic rings. The second-order valence-corrected chi connectivity index (χ2v) is 5.17. The minimum absolute atomic E-state index is 0.424. The maximum atomic E-state index is 5.68. The van der Waals surface area contributed by atoms with E-state index in [2.05, 4.69) is 50.5 Å². The lowest BCUT2D eigenvalue weighted by Crippen LogP contribution is -2.36. The van der Waals surface area contributed by atoms with Crippen LogP contribution >= 0.6 is 0 Å². The SMILES string of the molecule is CNC(Cc1ccccc1C)C1COC(C)C1. The average Bonchev–Trinajstić information content (AvgIpc) is 2.75. The van der Waals surface area contributed by atoms with Crippen molar-refractivity contribution < 1.29 is 4.74 Å². The molecule has 0 aliphatic carbocycles. The second kappa shape index (κ2) is 5.65. The van der Waals surface area contributed by atoms with Crippen LogP contribution in [0, 0.1) is 12.8 Å². The highest BCUT2D eigenvalue weighted by Crippen LogP contribution is 2.24. The molecule has 0 saturated carbocycles. The molecule has 0 aromatic heterocycles. The first-order chi connectivity index (χ1) is 8.20. The van der Waals surface area contributed by atoms with Crippen molar-refractivity contribution in [1.82, 2.24) is 5.32 Å². The Morgan fingerprint density at radius 1 is 1.41 bits per heavy atom. The number of nitrogens with one attached hydrogen (secondary N) is 1. The summed E-state index contributed by atoms with van der Waals surface area (Å²) in [5.41, 5.74) is 2.84. The van der Waals surface area contributed by atoms with E-state index in [1.165, 1.54) is 17.5 Å². The van der Waals surface area contributed by atoms with Gasteiger partial charge >= 0.3 is 0 Å². The largest absolute Gasteiger partial charge is 0.378 e. The zero-order chi connectivity index (χ0) is 12.3. The number of aryl methyl sites for hydroxylation is 1. The Hall–Kier alpha value is -0.860. The summed E-state index contributed by atoms with van der Waals surface area (Å²) in [4.78, 5) is 0. The van der Waals surface area contributed by atoms with Gasteiger partial charge < -0.3 is 10.1 Å². The number of ether oxygens (including phenoxy) is 1. The van der Waals surface area contributed by atoms with Crippen LogP contribution in [0.25, 0.3) is 0 Å². The average molecular weight is 233 g/mol. The molecule has 2 heteroatoms. The molecule has 3 unspecified atom stereocenters.